The minimum absolute atomic E-state index is 0.171. The average Bonchev–Trinajstić information content (AvgIpc) is 2.65. The molecule has 0 bridgehead atoms. The number of methoxy groups -OCH3 is 1. The maximum absolute atomic E-state index is 6.20. The molecule has 0 saturated heterocycles. The molecule has 172 valence electrons. The SMILES string of the molecule is CCC(OCCc1cc(C)cc(C)c1)Oc1ccc(C(C(C)C)C(C)(C)C)cc1OC. The largest absolute Gasteiger partial charge is 0.493 e. The van der Waals surface area contributed by atoms with Crippen molar-refractivity contribution in [3.63, 3.8) is 0 Å². The first kappa shape index (κ1) is 25.3. The minimum atomic E-state index is -0.297. The fourth-order valence-corrected chi connectivity index (χ4v) is 4.76. The van der Waals surface area contributed by atoms with E-state index in [2.05, 4.69) is 85.7 Å². The molecule has 0 heterocycles. The zero-order chi connectivity index (χ0) is 23.2. The van der Waals surface area contributed by atoms with Crippen molar-refractivity contribution in [3.8, 4) is 11.5 Å². The van der Waals surface area contributed by atoms with E-state index in [1.54, 1.807) is 7.11 Å². The lowest BCUT2D eigenvalue weighted by atomic mass is 9.70. The van der Waals surface area contributed by atoms with Gasteiger partial charge < -0.3 is 14.2 Å². The molecule has 0 N–H and O–H groups in total. The van der Waals surface area contributed by atoms with E-state index in [4.69, 9.17) is 14.2 Å². The van der Waals surface area contributed by atoms with Crippen molar-refractivity contribution in [1.29, 1.82) is 0 Å². The predicted octanol–water partition coefficient (Wildman–Crippen LogP) is 7.47. The van der Waals surface area contributed by atoms with E-state index in [-0.39, 0.29) is 11.7 Å². The molecule has 2 atom stereocenters. The Kier molecular flexibility index (Phi) is 9.00. The van der Waals surface area contributed by atoms with E-state index in [1.165, 1.54) is 22.3 Å². The first-order valence-corrected chi connectivity index (χ1v) is 11.6. The van der Waals surface area contributed by atoms with Gasteiger partial charge in [0.1, 0.15) is 0 Å². The fourth-order valence-electron chi connectivity index (χ4n) is 4.76. The van der Waals surface area contributed by atoms with Crippen LogP contribution in [-0.2, 0) is 11.2 Å². The van der Waals surface area contributed by atoms with Crippen LogP contribution < -0.4 is 9.47 Å². The molecule has 0 aliphatic carbocycles. The van der Waals surface area contributed by atoms with Gasteiger partial charge in [0.25, 0.3) is 0 Å². The summed E-state index contributed by atoms with van der Waals surface area (Å²) in [6.07, 6.45) is 1.35. The summed E-state index contributed by atoms with van der Waals surface area (Å²) < 4.78 is 18.0. The van der Waals surface area contributed by atoms with Gasteiger partial charge in [-0.2, -0.15) is 0 Å². The van der Waals surface area contributed by atoms with Crippen molar-refractivity contribution < 1.29 is 14.2 Å². The molecule has 2 rings (SSSR count). The van der Waals surface area contributed by atoms with E-state index in [1.807, 2.05) is 6.07 Å². The Balaban J connectivity index is 2.08. The van der Waals surface area contributed by atoms with Gasteiger partial charge in [0.2, 0.25) is 0 Å². The quantitative estimate of drug-likeness (QED) is 0.369. The smallest absolute Gasteiger partial charge is 0.199 e. The molecule has 0 aliphatic heterocycles. The van der Waals surface area contributed by atoms with Gasteiger partial charge in [-0.3, -0.25) is 0 Å². The molecule has 0 aromatic heterocycles. The van der Waals surface area contributed by atoms with Crippen molar-refractivity contribution in [2.45, 2.75) is 80.4 Å². The summed E-state index contributed by atoms with van der Waals surface area (Å²) in [6.45, 7) is 18.4. The molecule has 3 nitrogen and oxygen atoms in total. The minimum Gasteiger partial charge on any atom is -0.493 e. The zero-order valence-electron chi connectivity index (χ0n) is 21.0. The van der Waals surface area contributed by atoms with Crippen LogP contribution in [0.25, 0.3) is 0 Å². The Labute approximate surface area is 190 Å². The Morgan fingerprint density at radius 3 is 2.06 bits per heavy atom. The highest BCUT2D eigenvalue weighted by Crippen LogP contribution is 2.43. The molecule has 0 spiro atoms. The zero-order valence-corrected chi connectivity index (χ0v) is 21.0. The maximum Gasteiger partial charge on any atom is 0.199 e. The molecular weight excluding hydrogens is 384 g/mol. The number of ether oxygens (including phenoxy) is 3. The molecule has 2 aromatic carbocycles. The summed E-state index contributed by atoms with van der Waals surface area (Å²) >= 11 is 0. The maximum atomic E-state index is 6.20. The summed E-state index contributed by atoms with van der Waals surface area (Å²) in [7, 11) is 1.70. The van der Waals surface area contributed by atoms with Crippen molar-refractivity contribution >= 4 is 0 Å². The third kappa shape index (κ3) is 7.28. The van der Waals surface area contributed by atoms with E-state index >= 15 is 0 Å². The Morgan fingerprint density at radius 2 is 1.55 bits per heavy atom. The standard InChI is InChI=1S/C28H42O3/c1-10-26(30-14-13-22-16-20(4)15-21(5)17-22)31-24-12-11-23(18-25(24)29-9)27(19(2)3)28(6,7)8/h11-12,15-19,26-27H,10,13-14H2,1-9H3. The molecule has 2 aromatic rings. The Bertz CT molecular complexity index is 812. The van der Waals surface area contributed by atoms with Crippen LogP contribution >= 0.6 is 0 Å². The molecule has 0 fully saturated rings. The fraction of sp³-hybridized carbons (Fsp3) is 0.571. The highest BCUT2D eigenvalue weighted by atomic mass is 16.7. The Morgan fingerprint density at radius 1 is 0.903 bits per heavy atom. The van der Waals surface area contributed by atoms with Crippen molar-refractivity contribution in [1.82, 2.24) is 0 Å². The summed E-state index contributed by atoms with van der Waals surface area (Å²) in [5.74, 6) is 2.48. The molecule has 0 radical (unpaired) electrons. The van der Waals surface area contributed by atoms with Crippen LogP contribution in [0.5, 0.6) is 11.5 Å². The van der Waals surface area contributed by atoms with E-state index in [0.29, 0.717) is 18.4 Å². The van der Waals surface area contributed by atoms with Crippen LogP contribution in [0.4, 0.5) is 0 Å². The molecular formula is C28H42O3. The highest BCUT2D eigenvalue weighted by Gasteiger charge is 2.29. The summed E-state index contributed by atoms with van der Waals surface area (Å²) in [5, 5.41) is 0. The second kappa shape index (κ2) is 11.0. The lowest BCUT2D eigenvalue weighted by Gasteiger charge is -2.35. The van der Waals surface area contributed by atoms with Gasteiger partial charge in [-0.25, -0.2) is 0 Å². The first-order chi connectivity index (χ1) is 14.5. The normalized spacial score (nSPS) is 13.9. The van der Waals surface area contributed by atoms with Gasteiger partial charge in [0.15, 0.2) is 17.8 Å². The summed E-state index contributed by atoms with van der Waals surface area (Å²) in [6, 6.07) is 13.0. The van der Waals surface area contributed by atoms with E-state index in [9.17, 15) is 0 Å². The third-order valence-electron chi connectivity index (χ3n) is 5.71. The van der Waals surface area contributed by atoms with Gasteiger partial charge in [-0.05, 0) is 60.8 Å². The number of aryl methyl sites for hydroxylation is 2. The molecule has 0 amide bonds. The van der Waals surface area contributed by atoms with Gasteiger partial charge in [-0.15, -0.1) is 0 Å². The first-order valence-electron chi connectivity index (χ1n) is 11.6. The number of hydrogen-bond acceptors (Lipinski definition) is 3. The van der Waals surface area contributed by atoms with Crippen LogP contribution in [0.2, 0.25) is 0 Å². The van der Waals surface area contributed by atoms with Crippen LogP contribution in [0.15, 0.2) is 36.4 Å². The second-order valence-electron chi connectivity index (χ2n) is 10.1. The van der Waals surface area contributed by atoms with Crippen LogP contribution in [0.1, 0.15) is 76.1 Å². The Hall–Kier alpha value is -2.00. The predicted molar refractivity (Wildman–Crippen MR) is 130 cm³/mol. The van der Waals surface area contributed by atoms with Gasteiger partial charge in [0.05, 0.1) is 13.7 Å². The van der Waals surface area contributed by atoms with Crippen LogP contribution in [0.3, 0.4) is 0 Å². The highest BCUT2D eigenvalue weighted by molar-refractivity contribution is 5.44. The topological polar surface area (TPSA) is 27.7 Å². The van der Waals surface area contributed by atoms with Crippen LogP contribution in [-0.4, -0.2) is 20.0 Å². The second-order valence-corrected chi connectivity index (χ2v) is 10.1. The number of hydrogen-bond donors (Lipinski definition) is 0. The van der Waals surface area contributed by atoms with Crippen molar-refractivity contribution in [2.24, 2.45) is 11.3 Å². The lowest BCUT2D eigenvalue weighted by Crippen LogP contribution is -2.24. The number of benzene rings is 2. The van der Waals surface area contributed by atoms with E-state index < -0.39 is 0 Å². The van der Waals surface area contributed by atoms with E-state index in [0.717, 1.165) is 24.3 Å². The molecule has 0 aliphatic rings. The molecule has 0 saturated carbocycles. The summed E-state index contributed by atoms with van der Waals surface area (Å²) in [5.41, 5.74) is 5.34. The number of rotatable bonds is 10. The summed E-state index contributed by atoms with van der Waals surface area (Å²) in [4.78, 5) is 0. The van der Waals surface area contributed by atoms with Crippen LogP contribution in [0, 0.1) is 25.2 Å². The molecule has 31 heavy (non-hydrogen) atoms. The molecule has 2 unspecified atom stereocenters. The van der Waals surface area contributed by atoms with Crippen molar-refractivity contribution in [3.05, 3.63) is 58.7 Å². The van der Waals surface area contributed by atoms with Gasteiger partial charge >= 0.3 is 0 Å². The monoisotopic (exact) mass is 426 g/mol. The van der Waals surface area contributed by atoms with Gasteiger partial charge in [-0.1, -0.05) is 76.9 Å². The van der Waals surface area contributed by atoms with Crippen molar-refractivity contribution in [2.75, 3.05) is 13.7 Å². The average molecular weight is 427 g/mol. The third-order valence-corrected chi connectivity index (χ3v) is 5.71. The molecule has 3 heteroatoms. The van der Waals surface area contributed by atoms with Gasteiger partial charge in [0, 0.05) is 6.42 Å². The lowest BCUT2D eigenvalue weighted by molar-refractivity contribution is -0.0814.